The molecule has 3 aliphatic rings. The summed E-state index contributed by atoms with van der Waals surface area (Å²) in [6.07, 6.45) is 7.46. The van der Waals surface area contributed by atoms with E-state index in [1.54, 1.807) is 19.2 Å². The smallest absolute Gasteiger partial charge is 0.250 e. The monoisotopic (exact) mass is 514 g/mol. The van der Waals surface area contributed by atoms with E-state index in [9.17, 15) is 4.79 Å². The van der Waals surface area contributed by atoms with Crippen LogP contribution < -0.4 is 14.8 Å². The lowest BCUT2D eigenvalue weighted by Crippen LogP contribution is -2.38. The number of piperidine rings is 1. The number of methoxy groups -OCH3 is 1. The Kier molecular flexibility index (Phi) is 7.56. The molecule has 2 heterocycles. The van der Waals surface area contributed by atoms with Crippen LogP contribution >= 0.6 is 23.2 Å². The van der Waals surface area contributed by atoms with Crippen LogP contribution in [0.5, 0.6) is 11.5 Å². The van der Waals surface area contributed by atoms with Gasteiger partial charge in [-0.15, -0.1) is 0 Å². The molecule has 0 bridgehead atoms. The van der Waals surface area contributed by atoms with Crippen LogP contribution in [0.2, 0.25) is 10.0 Å². The third kappa shape index (κ3) is 5.79. The predicted molar refractivity (Wildman–Crippen MR) is 141 cm³/mol. The maximum Gasteiger partial charge on any atom is 0.250 e. The molecule has 1 saturated carbocycles. The molecule has 2 fully saturated rings. The van der Waals surface area contributed by atoms with Gasteiger partial charge in [-0.3, -0.25) is 4.79 Å². The second kappa shape index (κ2) is 10.8. The van der Waals surface area contributed by atoms with Gasteiger partial charge < -0.3 is 19.7 Å². The van der Waals surface area contributed by atoms with E-state index in [1.807, 2.05) is 6.08 Å². The van der Waals surface area contributed by atoms with Crippen molar-refractivity contribution in [1.82, 2.24) is 10.2 Å². The molecular weight excluding hydrogens is 483 g/mol. The van der Waals surface area contributed by atoms with Gasteiger partial charge in [0.1, 0.15) is 18.1 Å². The molecule has 186 valence electrons. The van der Waals surface area contributed by atoms with Crippen molar-refractivity contribution < 1.29 is 14.3 Å². The Morgan fingerprint density at radius 3 is 2.63 bits per heavy atom. The van der Waals surface area contributed by atoms with Crippen LogP contribution in [0.15, 0.2) is 42.0 Å². The average Bonchev–Trinajstić information content (AvgIpc) is 3.30. The highest BCUT2D eigenvalue weighted by atomic mass is 35.5. The summed E-state index contributed by atoms with van der Waals surface area (Å²) >= 11 is 12.3. The molecule has 1 amide bonds. The Balaban J connectivity index is 1.09. The quantitative estimate of drug-likeness (QED) is 0.517. The number of hydrogen-bond acceptors (Lipinski definition) is 4. The molecule has 0 radical (unpaired) electrons. The summed E-state index contributed by atoms with van der Waals surface area (Å²) in [4.78, 5) is 15.5. The van der Waals surface area contributed by atoms with E-state index in [-0.39, 0.29) is 18.6 Å². The third-order valence-corrected chi connectivity index (χ3v) is 8.10. The van der Waals surface area contributed by atoms with E-state index in [0.29, 0.717) is 33.2 Å². The number of halogens is 2. The number of rotatable bonds is 6. The number of hydrogen-bond donors (Lipinski definition) is 1. The number of carbonyl (C=O) groups is 1. The first-order valence-electron chi connectivity index (χ1n) is 12.5. The summed E-state index contributed by atoms with van der Waals surface area (Å²) < 4.78 is 11.0. The molecule has 35 heavy (non-hydrogen) atoms. The highest BCUT2D eigenvalue weighted by molar-refractivity contribution is 6.36. The van der Waals surface area contributed by atoms with Crippen molar-refractivity contribution in [2.75, 3.05) is 33.4 Å². The van der Waals surface area contributed by atoms with Crippen LogP contribution in [-0.2, 0) is 4.79 Å². The Labute approximate surface area is 217 Å². The molecule has 0 spiro atoms. The maximum absolute atomic E-state index is 12.9. The molecule has 2 aromatic carbocycles. The summed E-state index contributed by atoms with van der Waals surface area (Å²) in [7, 11) is 1.71. The molecule has 1 saturated heterocycles. The molecule has 5 nitrogen and oxygen atoms in total. The lowest BCUT2D eigenvalue weighted by Gasteiger charge is -2.33. The normalized spacial score (nSPS) is 22.8. The molecule has 2 aromatic rings. The van der Waals surface area contributed by atoms with Crippen molar-refractivity contribution in [2.45, 2.75) is 44.1 Å². The summed E-state index contributed by atoms with van der Waals surface area (Å²) in [5.41, 5.74) is 2.78. The maximum atomic E-state index is 12.9. The third-order valence-electron chi connectivity index (χ3n) is 7.60. The molecule has 5 rings (SSSR count). The van der Waals surface area contributed by atoms with Crippen LogP contribution in [0.4, 0.5) is 0 Å². The van der Waals surface area contributed by atoms with E-state index in [2.05, 4.69) is 34.5 Å². The van der Waals surface area contributed by atoms with Crippen LogP contribution in [0, 0.1) is 5.92 Å². The number of carbonyl (C=O) groups excluding carboxylic acids is 1. The van der Waals surface area contributed by atoms with Gasteiger partial charge in [-0.25, -0.2) is 0 Å². The van der Waals surface area contributed by atoms with Gasteiger partial charge in [0, 0.05) is 23.2 Å². The first-order chi connectivity index (χ1) is 17.0. The van der Waals surface area contributed by atoms with Crippen molar-refractivity contribution in [2.24, 2.45) is 5.92 Å². The predicted octanol–water partition coefficient (Wildman–Crippen LogP) is 5.94. The molecule has 7 heteroatoms. The van der Waals surface area contributed by atoms with Crippen molar-refractivity contribution in [3.05, 3.63) is 63.1 Å². The van der Waals surface area contributed by atoms with Gasteiger partial charge in [0.2, 0.25) is 0 Å². The Morgan fingerprint density at radius 2 is 1.89 bits per heavy atom. The number of nitrogens with one attached hydrogen (secondary N) is 1. The highest BCUT2D eigenvalue weighted by Crippen LogP contribution is 2.37. The Bertz CT molecular complexity index is 1090. The van der Waals surface area contributed by atoms with Gasteiger partial charge in [0.05, 0.1) is 17.7 Å². The molecule has 0 unspecified atom stereocenters. The number of ether oxygens (including phenoxy) is 2. The zero-order chi connectivity index (χ0) is 24.4. The topological polar surface area (TPSA) is 50.8 Å². The van der Waals surface area contributed by atoms with E-state index in [4.69, 9.17) is 32.7 Å². The van der Waals surface area contributed by atoms with E-state index >= 15 is 0 Å². The number of amides is 1. The zero-order valence-electron chi connectivity index (χ0n) is 20.1. The number of likely N-dealkylation sites (tertiary alicyclic amines) is 1. The minimum absolute atomic E-state index is 0.0577. The van der Waals surface area contributed by atoms with Crippen molar-refractivity contribution in [3.63, 3.8) is 0 Å². The fourth-order valence-corrected chi connectivity index (χ4v) is 6.25. The van der Waals surface area contributed by atoms with Crippen molar-refractivity contribution in [1.29, 1.82) is 0 Å². The Hall–Kier alpha value is -2.21. The van der Waals surface area contributed by atoms with Gasteiger partial charge in [-0.2, -0.15) is 0 Å². The highest BCUT2D eigenvalue weighted by Gasteiger charge is 2.30. The van der Waals surface area contributed by atoms with Crippen molar-refractivity contribution >= 4 is 35.2 Å². The minimum atomic E-state index is -0.0577. The fraction of sp³-hybridized carbons (Fsp3) is 0.464. The fourth-order valence-electron chi connectivity index (χ4n) is 5.69. The van der Waals surface area contributed by atoms with E-state index < -0.39 is 0 Å². The Morgan fingerprint density at radius 1 is 1.11 bits per heavy atom. The zero-order valence-corrected chi connectivity index (χ0v) is 21.6. The van der Waals surface area contributed by atoms with Gasteiger partial charge in [-0.1, -0.05) is 35.3 Å². The lowest BCUT2D eigenvalue weighted by molar-refractivity contribution is -0.118. The van der Waals surface area contributed by atoms with Gasteiger partial charge in [0.15, 0.2) is 0 Å². The molecule has 2 atom stereocenters. The van der Waals surface area contributed by atoms with Crippen LogP contribution in [0.25, 0.3) is 6.08 Å². The lowest BCUT2D eigenvalue weighted by atomic mass is 9.89. The molecule has 2 aliphatic heterocycles. The van der Waals surface area contributed by atoms with Crippen molar-refractivity contribution in [3.8, 4) is 11.5 Å². The summed E-state index contributed by atoms with van der Waals surface area (Å²) in [6, 6.07) is 12.2. The molecule has 0 aromatic heterocycles. The number of nitrogens with zero attached hydrogens (tertiary/aromatic N) is 1. The second-order valence-corrected chi connectivity index (χ2v) is 10.8. The first-order valence-corrected chi connectivity index (χ1v) is 13.2. The summed E-state index contributed by atoms with van der Waals surface area (Å²) in [6.45, 7) is 3.62. The van der Waals surface area contributed by atoms with Gasteiger partial charge in [-0.05, 0) is 92.9 Å². The van der Waals surface area contributed by atoms with Crippen LogP contribution in [0.1, 0.15) is 49.1 Å². The minimum Gasteiger partial charge on any atom is -0.497 e. The molecular formula is C28H32Cl2N2O3. The van der Waals surface area contributed by atoms with E-state index in [0.717, 1.165) is 50.2 Å². The van der Waals surface area contributed by atoms with Crippen LogP contribution in [-0.4, -0.2) is 50.2 Å². The molecule has 1 aliphatic carbocycles. The summed E-state index contributed by atoms with van der Waals surface area (Å²) in [5, 5.41) is 4.23. The van der Waals surface area contributed by atoms with Gasteiger partial charge in [0.25, 0.3) is 5.91 Å². The number of fused-ring (bicyclic) bond motifs is 1. The van der Waals surface area contributed by atoms with Crippen LogP contribution in [0.3, 0.4) is 0 Å². The molecule has 1 N–H and O–H groups in total. The largest absolute Gasteiger partial charge is 0.497 e. The average molecular weight is 515 g/mol. The van der Waals surface area contributed by atoms with Gasteiger partial charge >= 0.3 is 0 Å². The second-order valence-electron chi connectivity index (χ2n) is 9.96. The standard InChI is InChI=1S/C28H32Cl2N2O3/c1-34-25-6-3-19(4-7-25)20-8-10-32(11-9-20)16-18-2-5-24(12-18)31-28(33)22-13-21-14-23(29)15-26(30)27(21)35-17-22/h3-4,6-7,13-15,18,20,24H,2,5,8-12,16-17H2,1H3,(H,31,33)/t18-,24+/m1/s1. The SMILES string of the molecule is COc1ccc(C2CCN(C[C@@H]3CC[C@H](NC(=O)C4=Cc5cc(Cl)cc(Cl)c5OC4)C3)CC2)cc1. The first kappa shape index (κ1) is 24.5. The number of benzene rings is 2. The van der Waals surface area contributed by atoms with E-state index in [1.165, 1.54) is 18.4 Å². The summed E-state index contributed by atoms with van der Waals surface area (Å²) in [5.74, 6) is 2.71.